The van der Waals surface area contributed by atoms with Crippen molar-refractivity contribution in [2.45, 2.75) is 6.42 Å². The first kappa shape index (κ1) is 19.1. The molecule has 0 saturated carbocycles. The molecule has 30 heavy (non-hydrogen) atoms. The Bertz CT molecular complexity index is 1130. The quantitative estimate of drug-likeness (QED) is 0.255. The van der Waals surface area contributed by atoms with Crippen LogP contribution >= 0.6 is 0 Å². The van der Waals surface area contributed by atoms with Crippen LogP contribution in [0.15, 0.2) is 67.1 Å². The second kappa shape index (κ2) is 8.86. The van der Waals surface area contributed by atoms with E-state index in [-0.39, 0.29) is 6.61 Å². The van der Waals surface area contributed by atoms with Crippen molar-refractivity contribution in [1.82, 2.24) is 19.7 Å². The summed E-state index contributed by atoms with van der Waals surface area (Å²) in [4.78, 5) is 23.1. The monoisotopic (exact) mass is 406 g/mol. The first-order valence-electron chi connectivity index (χ1n) is 9.22. The predicted octanol–water partition coefficient (Wildman–Crippen LogP) is 3.54. The van der Waals surface area contributed by atoms with E-state index in [9.17, 15) is 10.1 Å². The average molecular weight is 406 g/mol. The van der Waals surface area contributed by atoms with Crippen LogP contribution in [-0.2, 0) is 4.84 Å². The molecule has 10 nitrogen and oxygen atoms in total. The van der Waals surface area contributed by atoms with Gasteiger partial charge in [-0.05, 0) is 36.4 Å². The summed E-state index contributed by atoms with van der Waals surface area (Å²) in [7, 11) is 0. The molecule has 0 radical (unpaired) electrons. The highest BCUT2D eigenvalue weighted by Crippen LogP contribution is 2.25. The standard InChI is InChI=1S/C20H18N6O4/c27-26(28)30-12-4-11-29-17-9-7-15(8-10-17)24-19-18-13-23-25(20(18)22-14-21-19)16-5-2-1-3-6-16/h1-3,5-10,13-14H,4,11-12H2,(H,21,22,24). The van der Waals surface area contributed by atoms with Crippen molar-refractivity contribution >= 4 is 22.5 Å². The molecule has 0 aliphatic rings. The summed E-state index contributed by atoms with van der Waals surface area (Å²) < 4.78 is 7.31. The largest absolute Gasteiger partial charge is 0.494 e. The Balaban J connectivity index is 1.43. The molecule has 0 bridgehead atoms. The summed E-state index contributed by atoms with van der Waals surface area (Å²) in [6, 6.07) is 17.1. The zero-order valence-electron chi connectivity index (χ0n) is 15.8. The van der Waals surface area contributed by atoms with E-state index < -0.39 is 5.09 Å². The third-order valence-corrected chi connectivity index (χ3v) is 4.24. The van der Waals surface area contributed by atoms with Crippen LogP contribution in [0.4, 0.5) is 11.5 Å². The van der Waals surface area contributed by atoms with Gasteiger partial charge in [0, 0.05) is 12.1 Å². The van der Waals surface area contributed by atoms with Crippen LogP contribution < -0.4 is 10.1 Å². The molecule has 0 aliphatic carbocycles. The Labute approximate surface area is 171 Å². The normalized spacial score (nSPS) is 10.7. The Morgan fingerprint density at radius 2 is 1.83 bits per heavy atom. The Hall–Kier alpha value is -4.21. The van der Waals surface area contributed by atoms with Gasteiger partial charge in [0.1, 0.15) is 17.9 Å². The maximum Gasteiger partial charge on any atom is 0.294 e. The highest BCUT2D eigenvalue weighted by atomic mass is 16.9. The van der Waals surface area contributed by atoms with Gasteiger partial charge in [0.25, 0.3) is 5.09 Å². The minimum atomic E-state index is -0.811. The number of hydrogen-bond acceptors (Lipinski definition) is 8. The molecular formula is C20H18N6O4. The lowest BCUT2D eigenvalue weighted by molar-refractivity contribution is -0.757. The maximum absolute atomic E-state index is 10.1. The first-order chi connectivity index (χ1) is 14.7. The lowest BCUT2D eigenvalue weighted by Gasteiger charge is -2.09. The highest BCUT2D eigenvalue weighted by molar-refractivity contribution is 5.89. The van der Waals surface area contributed by atoms with Crippen molar-refractivity contribution in [2.75, 3.05) is 18.5 Å². The van der Waals surface area contributed by atoms with Crippen LogP contribution in [0.2, 0.25) is 0 Å². The molecule has 2 aromatic heterocycles. The van der Waals surface area contributed by atoms with Gasteiger partial charge in [-0.1, -0.05) is 18.2 Å². The molecule has 0 unspecified atom stereocenters. The molecule has 152 valence electrons. The van der Waals surface area contributed by atoms with Crippen molar-refractivity contribution in [3.05, 3.63) is 77.2 Å². The summed E-state index contributed by atoms with van der Waals surface area (Å²) in [5.74, 6) is 1.30. The zero-order valence-corrected chi connectivity index (χ0v) is 15.8. The van der Waals surface area contributed by atoms with E-state index in [2.05, 4.69) is 25.2 Å². The van der Waals surface area contributed by atoms with Crippen molar-refractivity contribution < 1.29 is 14.7 Å². The molecule has 0 atom stereocenters. The van der Waals surface area contributed by atoms with E-state index in [1.165, 1.54) is 6.33 Å². The van der Waals surface area contributed by atoms with Gasteiger partial charge < -0.3 is 14.9 Å². The van der Waals surface area contributed by atoms with Gasteiger partial charge in [-0.25, -0.2) is 14.6 Å². The summed E-state index contributed by atoms with van der Waals surface area (Å²) >= 11 is 0. The van der Waals surface area contributed by atoms with E-state index in [0.29, 0.717) is 30.2 Å². The SMILES string of the molecule is O=[N+]([O-])OCCCOc1ccc(Nc2ncnc3c2cnn3-c2ccccc2)cc1. The van der Waals surface area contributed by atoms with Crippen LogP contribution in [0.25, 0.3) is 16.7 Å². The molecular weight excluding hydrogens is 388 g/mol. The Morgan fingerprint density at radius 3 is 2.60 bits per heavy atom. The van der Waals surface area contributed by atoms with Crippen LogP contribution in [0.1, 0.15) is 6.42 Å². The molecule has 1 N–H and O–H groups in total. The second-order valence-electron chi connectivity index (χ2n) is 6.26. The van der Waals surface area contributed by atoms with E-state index in [1.807, 2.05) is 54.6 Å². The summed E-state index contributed by atoms with van der Waals surface area (Å²) in [6.07, 6.45) is 3.65. The fraction of sp³-hybridized carbons (Fsp3) is 0.150. The summed E-state index contributed by atoms with van der Waals surface area (Å²) in [6.45, 7) is 0.332. The van der Waals surface area contributed by atoms with E-state index in [1.54, 1.807) is 10.9 Å². The van der Waals surface area contributed by atoms with E-state index >= 15 is 0 Å². The number of para-hydroxylation sites is 1. The third-order valence-electron chi connectivity index (χ3n) is 4.24. The first-order valence-corrected chi connectivity index (χ1v) is 9.22. The fourth-order valence-corrected chi connectivity index (χ4v) is 2.86. The molecule has 0 saturated heterocycles. The smallest absolute Gasteiger partial charge is 0.294 e. The number of benzene rings is 2. The van der Waals surface area contributed by atoms with Crippen LogP contribution in [-0.4, -0.2) is 38.0 Å². The summed E-state index contributed by atoms with van der Waals surface area (Å²) in [5.41, 5.74) is 2.45. The molecule has 2 aromatic carbocycles. The molecule has 4 aromatic rings. The van der Waals surface area contributed by atoms with Gasteiger partial charge in [0.2, 0.25) is 0 Å². The van der Waals surface area contributed by atoms with Crippen molar-refractivity contribution in [3.63, 3.8) is 0 Å². The average Bonchev–Trinajstić information content (AvgIpc) is 3.20. The van der Waals surface area contributed by atoms with Crippen LogP contribution in [0, 0.1) is 10.1 Å². The van der Waals surface area contributed by atoms with Gasteiger partial charge in [0.15, 0.2) is 5.65 Å². The van der Waals surface area contributed by atoms with Gasteiger partial charge in [-0.2, -0.15) is 5.10 Å². The van der Waals surface area contributed by atoms with Crippen molar-refractivity contribution in [2.24, 2.45) is 0 Å². The number of nitrogens with zero attached hydrogens (tertiary/aromatic N) is 5. The number of aromatic nitrogens is 4. The van der Waals surface area contributed by atoms with Crippen LogP contribution in [0.3, 0.4) is 0 Å². The number of hydrogen-bond donors (Lipinski definition) is 1. The Morgan fingerprint density at radius 1 is 1.03 bits per heavy atom. The lowest BCUT2D eigenvalue weighted by atomic mass is 10.3. The molecule has 2 heterocycles. The lowest BCUT2D eigenvalue weighted by Crippen LogP contribution is -2.06. The van der Waals surface area contributed by atoms with Crippen molar-refractivity contribution in [3.8, 4) is 11.4 Å². The molecule has 10 heteroatoms. The fourth-order valence-electron chi connectivity index (χ4n) is 2.86. The maximum atomic E-state index is 10.1. The zero-order chi connectivity index (χ0) is 20.8. The predicted molar refractivity (Wildman–Crippen MR) is 109 cm³/mol. The number of fused-ring (bicyclic) bond motifs is 1. The molecule has 0 spiro atoms. The number of anilines is 2. The van der Waals surface area contributed by atoms with Gasteiger partial charge in [0.05, 0.1) is 30.5 Å². The minimum absolute atomic E-state index is 0.00696. The number of nitrogens with one attached hydrogen (secondary N) is 1. The molecule has 0 fully saturated rings. The van der Waals surface area contributed by atoms with Gasteiger partial charge >= 0.3 is 0 Å². The van der Waals surface area contributed by atoms with Crippen LogP contribution in [0.5, 0.6) is 5.75 Å². The molecule has 4 rings (SSSR count). The van der Waals surface area contributed by atoms with Gasteiger partial charge in [-0.3, -0.25) is 0 Å². The minimum Gasteiger partial charge on any atom is -0.494 e. The highest BCUT2D eigenvalue weighted by Gasteiger charge is 2.11. The second-order valence-corrected chi connectivity index (χ2v) is 6.26. The van der Waals surface area contributed by atoms with E-state index in [4.69, 9.17) is 4.74 Å². The third kappa shape index (κ3) is 4.43. The van der Waals surface area contributed by atoms with E-state index in [0.717, 1.165) is 16.8 Å². The molecule has 0 amide bonds. The number of rotatable bonds is 9. The van der Waals surface area contributed by atoms with Gasteiger partial charge in [-0.15, -0.1) is 10.1 Å². The number of ether oxygens (including phenoxy) is 1. The molecule has 0 aliphatic heterocycles. The van der Waals surface area contributed by atoms with Crippen molar-refractivity contribution in [1.29, 1.82) is 0 Å². The topological polar surface area (TPSA) is 117 Å². The summed E-state index contributed by atoms with van der Waals surface area (Å²) in [5, 5.41) is 17.8. The Kier molecular flexibility index (Phi) is 5.65.